The topological polar surface area (TPSA) is 99.8 Å². The number of alkyl halides is 3. The molecule has 1 heterocycles. The van der Waals surface area contributed by atoms with Crippen molar-refractivity contribution in [1.29, 1.82) is 0 Å². The number of aliphatic hydroxyl groups excluding tert-OH is 1. The Labute approximate surface area is 76.3 Å². The van der Waals surface area contributed by atoms with Crippen LogP contribution in [0.5, 0.6) is 0 Å². The molecule has 0 spiro atoms. The van der Waals surface area contributed by atoms with Gasteiger partial charge in [-0.2, -0.15) is 18.2 Å². The van der Waals surface area contributed by atoms with Crippen LogP contribution in [0.4, 0.5) is 25.1 Å². The second-order valence-corrected chi connectivity index (χ2v) is 2.48. The lowest BCUT2D eigenvalue weighted by atomic mass is 10.3. The van der Waals surface area contributed by atoms with E-state index in [-0.39, 0.29) is 11.9 Å². The van der Waals surface area contributed by atoms with Crippen molar-refractivity contribution >= 4 is 11.9 Å². The Kier molecular flexibility index (Phi) is 2.79. The largest absolute Gasteiger partial charge is 0.416 e. The summed E-state index contributed by atoms with van der Waals surface area (Å²) in [6, 6.07) is 0. The predicted molar refractivity (Wildman–Crippen MR) is 41.3 cm³/mol. The number of rotatable bonds is 3. The standard InChI is InChI=1S/C5H8F3N5O/c6-5(7,8)2(14)1-10-4-11-3(9)12-13-4/h2,14H,1H2,(H4,9,10,11,12,13). The monoisotopic (exact) mass is 211 g/mol. The van der Waals surface area contributed by atoms with Crippen molar-refractivity contribution in [3.63, 3.8) is 0 Å². The predicted octanol–water partition coefficient (Wildman–Crippen LogP) is -0.278. The number of nitrogens with zero attached hydrogens (tertiary/aromatic N) is 2. The number of nitrogens with one attached hydrogen (secondary N) is 2. The van der Waals surface area contributed by atoms with Crippen LogP contribution in [-0.4, -0.2) is 39.1 Å². The zero-order chi connectivity index (χ0) is 10.8. The molecule has 0 amide bonds. The fourth-order valence-corrected chi connectivity index (χ4v) is 0.657. The van der Waals surface area contributed by atoms with Crippen LogP contribution in [0, 0.1) is 0 Å². The number of hydrogen-bond acceptors (Lipinski definition) is 5. The number of nitrogens with two attached hydrogens (primary N) is 1. The maximum atomic E-state index is 11.8. The van der Waals surface area contributed by atoms with E-state index in [1.807, 2.05) is 0 Å². The van der Waals surface area contributed by atoms with Gasteiger partial charge in [0.2, 0.25) is 11.9 Å². The first-order chi connectivity index (χ1) is 6.39. The molecule has 0 aromatic carbocycles. The Balaban J connectivity index is 2.41. The summed E-state index contributed by atoms with van der Waals surface area (Å²) in [5, 5.41) is 16.4. The van der Waals surface area contributed by atoms with E-state index in [2.05, 4.69) is 20.5 Å². The van der Waals surface area contributed by atoms with Crippen molar-refractivity contribution in [2.24, 2.45) is 0 Å². The lowest BCUT2D eigenvalue weighted by molar-refractivity contribution is -0.198. The van der Waals surface area contributed by atoms with E-state index in [0.717, 1.165) is 0 Å². The van der Waals surface area contributed by atoms with Crippen molar-refractivity contribution in [1.82, 2.24) is 15.2 Å². The highest BCUT2D eigenvalue weighted by molar-refractivity contribution is 5.29. The molecule has 1 rings (SSSR count). The number of aliphatic hydroxyl groups is 1. The van der Waals surface area contributed by atoms with Crippen LogP contribution in [0.3, 0.4) is 0 Å². The molecule has 1 unspecified atom stereocenters. The second-order valence-electron chi connectivity index (χ2n) is 2.48. The van der Waals surface area contributed by atoms with Gasteiger partial charge in [0.1, 0.15) is 0 Å². The minimum atomic E-state index is -4.66. The van der Waals surface area contributed by atoms with E-state index < -0.39 is 18.8 Å². The quantitative estimate of drug-likeness (QED) is 0.551. The van der Waals surface area contributed by atoms with Crippen LogP contribution in [-0.2, 0) is 0 Å². The summed E-state index contributed by atoms with van der Waals surface area (Å²) in [7, 11) is 0. The number of H-pyrrole nitrogens is 1. The first-order valence-corrected chi connectivity index (χ1v) is 3.56. The number of aromatic nitrogens is 3. The number of anilines is 2. The zero-order valence-corrected chi connectivity index (χ0v) is 6.84. The number of aromatic amines is 1. The summed E-state index contributed by atoms with van der Waals surface area (Å²) in [6.07, 6.45) is -7.11. The van der Waals surface area contributed by atoms with Gasteiger partial charge < -0.3 is 16.2 Å². The van der Waals surface area contributed by atoms with E-state index in [1.165, 1.54) is 0 Å². The number of hydrogen-bond donors (Lipinski definition) is 4. The van der Waals surface area contributed by atoms with Crippen molar-refractivity contribution in [2.45, 2.75) is 12.3 Å². The molecule has 0 bridgehead atoms. The van der Waals surface area contributed by atoms with Crippen LogP contribution in [0.2, 0.25) is 0 Å². The Bertz CT molecular complexity index is 298. The normalized spacial score (nSPS) is 14.0. The maximum absolute atomic E-state index is 11.8. The summed E-state index contributed by atoms with van der Waals surface area (Å²) < 4.78 is 35.4. The average Bonchev–Trinajstić information content (AvgIpc) is 2.45. The molecule has 1 aromatic heterocycles. The van der Waals surface area contributed by atoms with Crippen LogP contribution in [0.1, 0.15) is 0 Å². The molecule has 0 aliphatic carbocycles. The summed E-state index contributed by atoms with van der Waals surface area (Å²) >= 11 is 0. The van der Waals surface area contributed by atoms with E-state index in [0.29, 0.717) is 0 Å². The molecule has 5 N–H and O–H groups in total. The molecule has 14 heavy (non-hydrogen) atoms. The third-order valence-corrected chi connectivity index (χ3v) is 1.33. The molecular weight excluding hydrogens is 203 g/mol. The summed E-state index contributed by atoms with van der Waals surface area (Å²) in [5.74, 6) is -0.111. The van der Waals surface area contributed by atoms with E-state index in [4.69, 9.17) is 10.8 Å². The molecule has 1 atom stereocenters. The Hall–Kier alpha value is -1.51. The van der Waals surface area contributed by atoms with Crippen LogP contribution < -0.4 is 11.1 Å². The SMILES string of the molecule is Nc1nc(NCC(O)C(F)(F)F)n[nH]1. The number of halogens is 3. The van der Waals surface area contributed by atoms with Gasteiger partial charge in [-0.05, 0) is 0 Å². The van der Waals surface area contributed by atoms with Gasteiger partial charge in [-0.15, -0.1) is 5.10 Å². The summed E-state index contributed by atoms with van der Waals surface area (Å²) in [5.41, 5.74) is 5.12. The Morgan fingerprint density at radius 3 is 2.64 bits per heavy atom. The molecule has 9 heteroatoms. The number of nitrogen functional groups attached to an aromatic ring is 1. The van der Waals surface area contributed by atoms with Gasteiger partial charge in [0.25, 0.3) is 0 Å². The third kappa shape index (κ3) is 2.76. The van der Waals surface area contributed by atoms with Crippen molar-refractivity contribution in [3.8, 4) is 0 Å². The Morgan fingerprint density at radius 2 is 2.21 bits per heavy atom. The molecule has 0 aliphatic heterocycles. The highest BCUT2D eigenvalue weighted by Crippen LogP contribution is 2.19. The van der Waals surface area contributed by atoms with E-state index >= 15 is 0 Å². The lowest BCUT2D eigenvalue weighted by Gasteiger charge is -2.13. The molecule has 0 saturated carbocycles. The van der Waals surface area contributed by atoms with Gasteiger partial charge in [-0.25, -0.2) is 5.10 Å². The molecule has 0 fully saturated rings. The fourth-order valence-electron chi connectivity index (χ4n) is 0.657. The summed E-state index contributed by atoms with van der Waals surface area (Å²) in [6.45, 7) is -0.721. The first kappa shape index (κ1) is 10.6. The average molecular weight is 211 g/mol. The minimum Gasteiger partial charge on any atom is -0.382 e. The highest BCUT2D eigenvalue weighted by atomic mass is 19.4. The molecule has 0 radical (unpaired) electrons. The minimum absolute atomic E-state index is 0.0194. The molecular formula is C5H8F3N5O. The first-order valence-electron chi connectivity index (χ1n) is 3.56. The van der Waals surface area contributed by atoms with Gasteiger partial charge in [0.05, 0.1) is 6.54 Å². The van der Waals surface area contributed by atoms with Gasteiger partial charge >= 0.3 is 6.18 Å². The van der Waals surface area contributed by atoms with Crippen LogP contribution in [0.15, 0.2) is 0 Å². The van der Waals surface area contributed by atoms with Crippen molar-refractivity contribution < 1.29 is 18.3 Å². The highest BCUT2D eigenvalue weighted by Gasteiger charge is 2.37. The molecule has 1 aromatic rings. The lowest BCUT2D eigenvalue weighted by Crippen LogP contribution is -2.35. The van der Waals surface area contributed by atoms with Crippen molar-refractivity contribution in [2.75, 3.05) is 17.6 Å². The van der Waals surface area contributed by atoms with Gasteiger partial charge in [-0.3, -0.25) is 0 Å². The van der Waals surface area contributed by atoms with Crippen LogP contribution >= 0.6 is 0 Å². The van der Waals surface area contributed by atoms with Gasteiger partial charge in [0.15, 0.2) is 6.10 Å². The Morgan fingerprint density at radius 1 is 1.57 bits per heavy atom. The third-order valence-electron chi connectivity index (χ3n) is 1.33. The molecule has 0 saturated heterocycles. The fraction of sp³-hybridized carbons (Fsp3) is 0.600. The second kappa shape index (κ2) is 3.70. The van der Waals surface area contributed by atoms with Crippen LogP contribution in [0.25, 0.3) is 0 Å². The zero-order valence-electron chi connectivity index (χ0n) is 6.84. The molecule has 80 valence electrons. The van der Waals surface area contributed by atoms with E-state index in [1.54, 1.807) is 0 Å². The molecule has 0 aliphatic rings. The van der Waals surface area contributed by atoms with E-state index in [9.17, 15) is 13.2 Å². The van der Waals surface area contributed by atoms with Gasteiger partial charge in [-0.1, -0.05) is 0 Å². The maximum Gasteiger partial charge on any atom is 0.416 e. The van der Waals surface area contributed by atoms with Gasteiger partial charge in [0, 0.05) is 0 Å². The van der Waals surface area contributed by atoms with Crippen molar-refractivity contribution in [3.05, 3.63) is 0 Å². The molecule has 6 nitrogen and oxygen atoms in total. The smallest absolute Gasteiger partial charge is 0.382 e. The summed E-state index contributed by atoms with van der Waals surface area (Å²) in [4.78, 5) is 3.49.